The molecule has 2 unspecified atom stereocenters. The average Bonchev–Trinajstić information content (AvgIpc) is 3.86. The van der Waals surface area contributed by atoms with Gasteiger partial charge in [0.2, 0.25) is 0 Å². The van der Waals surface area contributed by atoms with Gasteiger partial charge >= 0.3 is 0 Å². The topological polar surface area (TPSA) is 9.86 Å². The zero-order valence-corrected chi connectivity index (χ0v) is 28.6. The highest BCUT2D eigenvalue weighted by Gasteiger charge is 2.32. The zero-order valence-electron chi connectivity index (χ0n) is 27.8. The van der Waals surface area contributed by atoms with E-state index in [4.69, 9.17) is 0 Å². The summed E-state index contributed by atoms with van der Waals surface area (Å²) in [6.07, 6.45) is 9.09. The molecule has 1 aliphatic carbocycles. The summed E-state index contributed by atoms with van der Waals surface area (Å²) in [5.41, 5.74) is 13.7. The second-order valence-electron chi connectivity index (χ2n) is 13.7. The maximum Gasteiger partial charge on any atom is 0.0542 e. The largest absolute Gasteiger partial charge is 0.309 e. The number of thioether (sulfide) groups is 1. The predicted molar refractivity (Wildman–Crippen MR) is 217 cm³/mol. The summed E-state index contributed by atoms with van der Waals surface area (Å²) in [6, 6.07) is 58.2. The molecule has 0 saturated carbocycles. The fraction of sp³-hybridized carbons (Fsp3) is 0.0417. The molecule has 240 valence electrons. The summed E-state index contributed by atoms with van der Waals surface area (Å²) in [6.45, 7) is 0. The quantitative estimate of drug-likeness (QED) is 0.181. The van der Waals surface area contributed by atoms with E-state index in [9.17, 15) is 0 Å². The lowest BCUT2D eigenvalue weighted by molar-refractivity contribution is 0.881. The van der Waals surface area contributed by atoms with Gasteiger partial charge in [-0.1, -0.05) is 127 Å². The van der Waals surface area contributed by atoms with Crippen molar-refractivity contribution in [3.05, 3.63) is 188 Å². The van der Waals surface area contributed by atoms with Crippen LogP contribution in [0.15, 0.2) is 187 Å². The lowest BCUT2D eigenvalue weighted by Gasteiger charge is -2.14. The third-order valence-corrected chi connectivity index (χ3v) is 12.3. The van der Waals surface area contributed by atoms with Crippen molar-refractivity contribution in [2.75, 3.05) is 0 Å². The number of rotatable bonds is 4. The first kappa shape index (κ1) is 28.8. The van der Waals surface area contributed by atoms with E-state index in [0.29, 0.717) is 11.2 Å². The Morgan fingerprint density at radius 1 is 0.412 bits per heavy atom. The van der Waals surface area contributed by atoms with Gasteiger partial charge in [0, 0.05) is 49.0 Å². The summed E-state index contributed by atoms with van der Waals surface area (Å²) in [7, 11) is 0. The van der Waals surface area contributed by atoms with E-state index < -0.39 is 0 Å². The second-order valence-corrected chi connectivity index (χ2v) is 14.8. The molecule has 0 spiro atoms. The number of aromatic nitrogens is 2. The Kier molecular flexibility index (Phi) is 6.34. The Morgan fingerprint density at radius 3 is 1.73 bits per heavy atom. The maximum absolute atomic E-state index is 2.43. The van der Waals surface area contributed by atoms with Crippen LogP contribution in [-0.4, -0.2) is 14.4 Å². The van der Waals surface area contributed by atoms with Crippen LogP contribution in [0.1, 0.15) is 11.5 Å². The van der Waals surface area contributed by atoms with E-state index in [1.165, 1.54) is 82.0 Å². The van der Waals surface area contributed by atoms with Gasteiger partial charge in [-0.05, 0) is 82.4 Å². The fourth-order valence-corrected chi connectivity index (χ4v) is 10.0. The van der Waals surface area contributed by atoms with E-state index in [2.05, 4.69) is 191 Å². The van der Waals surface area contributed by atoms with Crippen LogP contribution in [0.25, 0.3) is 77.2 Å². The van der Waals surface area contributed by atoms with Crippen molar-refractivity contribution in [2.45, 2.75) is 16.1 Å². The first-order valence-electron chi connectivity index (χ1n) is 17.7. The van der Waals surface area contributed by atoms with E-state index in [1.54, 1.807) is 0 Å². The van der Waals surface area contributed by atoms with Crippen LogP contribution in [-0.2, 0) is 0 Å². The molecular weight excluding hydrogens is 637 g/mol. The highest BCUT2D eigenvalue weighted by atomic mass is 32.2. The van der Waals surface area contributed by atoms with Crippen LogP contribution in [0, 0.1) is 0 Å². The van der Waals surface area contributed by atoms with Crippen LogP contribution < -0.4 is 0 Å². The van der Waals surface area contributed by atoms with Crippen molar-refractivity contribution < 1.29 is 0 Å². The predicted octanol–water partition coefficient (Wildman–Crippen LogP) is 12.9. The minimum atomic E-state index is 0.457. The second kappa shape index (κ2) is 11.2. The number of para-hydroxylation sites is 3. The molecule has 0 bridgehead atoms. The number of allylic oxidation sites excluding steroid dienone is 3. The van der Waals surface area contributed by atoms with E-state index in [-0.39, 0.29) is 0 Å². The van der Waals surface area contributed by atoms with Crippen molar-refractivity contribution in [1.82, 2.24) is 9.13 Å². The minimum absolute atomic E-state index is 0.457. The zero-order chi connectivity index (χ0) is 33.5. The number of fused-ring (bicyclic) bond motifs is 9. The van der Waals surface area contributed by atoms with Crippen LogP contribution >= 0.6 is 11.8 Å². The summed E-state index contributed by atoms with van der Waals surface area (Å²) in [5.74, 6) is 0.457. The smallest absolute Gasteiger partial charge is 0.0542 e. The third-order valence-electron chi connectivity index (χ3n) is 10.8. The van der Waals surface area contributed by atoms with Crippen molar-refractivity contribution in [1.29, 1.82) is 0 Å². The van der Waals surface area contributed by atoms with E-state index >= 15 is 0 Å². The lowest BCUT2D eigenvalue weighted by atomic mass is 9.90. The molecule has 0 radical (unpaired) electrons. The molecule has 0 N–H and O–H groups in total. The molecule has 2 aromatic heterocycles. The summed E-state index contributed by atoms with van der Waals surface area (Å²) in [5, 5.41) is 5.54. The first-order valence-corrected chi connectivity index (χ1v) is 18.6. The number of benzene rings is 7. The van der Waals surface area contributed by atoms with Crippen LogP contribution in [0.2, 0.25) is 0 Å². The molecule has 2 atom stereocenters. The van der Waals surface area contributed by atoms with Crippen molar-refractivity contribution in [3.8, 4) is 33.6 Å². The molecule has 2 nitrogen and oxygen atoms in total. The maximum atomic E-state index is 2.43. The molecule has 3 heteroatoms. The lowest BCUT2D eigenvalue weighted by Crippen LogP contribution is -2.06. The molecule has 3 heterocycles. The Morgan fingerprint density at radius 2 is 0.980 bits per heavy atom. The Hall–Kier alpha value is -6.03. The van der Waals surface area contributed by atoms with Gasteiger partial charge in [0.15, 0.2) is 0 Å². The van der Waals surface area contributed by atoms with Crippen LogP contribution in [0.4, 0.5) is 0 Å². The standard InChI is InChI=1S/C48H32N2S/c1-5-22-43-37(16-1)38-17-2-6-23-44(38)50(43)35-26-27-46-42(30-35)39-18-3-7-24-45(39)49(46)34-15-10-13-32(29-34)31-12-9-14-33(28-31)36-20-11-21-41-40-19-4-8-25-47(40)51-48(36)41/h1-30,40,47H. The Bertz CT molecular complexity index is 2870. The van der Waals surface area contributed by atoms with Gasteiger partial charge in [-0.15, -0.1) is 11.8 Å². The minimum Gasteiger partial charge on any atom is -0.309 e. The molecular formula is C48H32N2S. The van der Waals surface area contributed by atoms with Gasteiger partial charge in [0.05, 0.1) is 22.1 Å². The molecule has 9 aromatic rings. The van der Waals surface area contributed by atoms with E-state index in [1.807, 2.05) is 11.8 Å². The highest BCUT2D eigenvalue weighted by molar-refractivity contribution is 8.00. The van der Waals surface area contributed by atoms with Gasteiger partial charge in [-0.25, -0.2) is 0 Å². The van der Waals surface area contributed by atoms with Gasteiger partial charge in [0.25, 0.3) is 0 Å². The third kappa shape index (κ3) is 4.38. The van der Waals surface area contributed by atoms with Gasteiger partial charge in [0.1, 0.15) is 0 Å². The Balaban J connectivity index is 1.04. The molecule has 7 aromatic carbocycles. The van der Waals surface area contributed by atoms with Crippen LogP contribution in [0.5, 0.6) is 0 Å². The Labute approximate surface area is 300 Å². The summed E-state index contributed by atoms with van der Waals surface area (Å²) < 4.78 is 4.84. The molecule has 51 heavy (non-hydrogen) atoms. The van der Waals surface area contributed by atoms with Crippen LogP contribution in [0.3, 0.4) is 0 Å². The molecule has 11 rings (SSSR count). The number of hydrogen-bond acceptors (Lipinski definition) is 1. The molecule has 0 amide bonds. The van der Waals surface area contributed by atoms with Gasteiger partial charge < -0.3 is 9.13 Å². The van der Waals surface area contributed by atoms with E-state index in [0.717, 1.165) is 5.69 Å². The van der Waals surface area contributed by atoms with Gasteiger partial charge in [-0.3, -0.25) is 0 Å². The normalized spacial score (nSPS) is 16.4. The van der Waals surface area contributed by atoms with Crippen molar-refractivity contribution >= 4 is 55.4 Å². The highest BCUT2D eigenvalue weighted by Crippen LogP contribution is 2.51. The fourth-order valence-electron chi connectivity index (χ4n) is 8.56. The first-order chi connectivity index (χ1) is 25.3. The summed E-state index contributed by atoms with van der Waals surface area (Å²) >= 11 is 2.00. The molecule has 0 saturated heterocycles. The summed E-state index contributed by atoms with van der Waals surface area (Å²) in [4.78, 5) is 1.42. The average molecular weight is 669 g/mol. The SMILES string of the molecule is C1=CC2Sc3c(-c4cccc(-c5cccc(-n6c7ccccc7c7cc(-n8c9ccccc9c9ccccc98)ccc76)c5)c4)cccc3C2C=C1. The van der Waals surface area contributed by atoms with Gasteiger partial charge in [-0.2, -0.15) is 0 Å². The number of hydrogen-bond donors (Lipinski definition) is 0. The molecule has 1 aliphatic heterocycles. The van der Waals surface area contributed by atoms with Crippen molar-refractivity contribution in [2.24, 2.45) is 0 Å². The monoisotopic (exact) mass is 668 g/mol. The molecule has 2 aliphatic rings. The number of nitrogens with zero attached hydrogens (tertiary/aromatic N) is 2. The van der Waals surface area contributed by atoms with Crippen molar-refractivity contribution in [3.63, 3.8) is 0 Å². The molecule has 0 fully saturated rings.